The lowest BCUT2D eigenvalue weighted by Crippen LogP contribution is -2.23. The topological polar surface area (TPSA) is 34.2 Å². The number of halogens is 2. The summed E-state index contributed by atoms with van der Waals surface area (Å²) >= 11 is 6.07. The van der Waals surface area contributed by atoms with E-state index in [-0.39, 0.29) is 11.9 Å². The van der Waals surface area contributed by atoms with Gasteiger partial charge in [0, 0.05) is 10.6 Å². The summed E-state index contributed by atoms with van der Waals surface area (Å²) in [5.74, 6) is 0.355. The number of hydrogen-bond acceptors (Lipinski definition) is 3. The lowest BCUT2D eigenvalue weighted by atomic mass is 10.0. The minimum atomic E-state index is -0.359. The highest BCUT2D eigenvalue weighted by Crippen LogP contribution is 2.31. The fraction of sp³-hybridized carbons (Fsp3) is 0.267. The van der Waals surface area contributed by atoms with E-state index in [2.05, 4.69) is 10.3 Å². The molecule has 0 aliphatic heterocycles. The van der Waals surface area contributed by atoms with Crippen molar-refractivity contribution in [3.05, 3.63) is 58.6 Å². The molecule has 1 aromatic heterocycles. The third-order valence-electron chi connectivity index (χ3n) is 2.96. The molecule has 2 aromatic rings. The van der Waals surface area contributed by atoms with Gasteiger partial charge in [0.2, 0.25) is 0 Å². The Morgan fingerprint density at radius 1 is 1.35 bits per heavy atom. The summed E-state index contributed by atoms with van der Waals surface area (Å²) in [6.07, 6.45) is 1.21. The molecule has 1 heterocycles. The van der Waals surface area contributed by atoms with Gasteiger partial charge in [-0.15, -0.1) is 0 Å². The van der Waals surface area contributed by atoms with Crippen molar-refractivity contribution in [1.29, 1.82) is 0 Å². The van der Waals surface area contributed by atoms with Crippen LogP contribution in [0, 0.1) is 5.82 Å². The van der Waals surface area contributed by atoms with E-state index in [1.165, 1.54) is 12.3 Å². The molecule has 0 aliphatic rings. The van der Waals surface area contributed by atoms with E-state index in [1.54, 1.807) is 19.2 Å². The summed E-state index contributed by atoms with van der Waals surface area (Å²) in [6.45, 7) is 2.73. The molecule has 2 rings (SSSR count). The van der Waals surface area contributed by atoms with E-state index in [0.29, 0.717) is 16.5 Å². The largest absolute Gasteiger partial charge is 0.496 e. The first-order chi connectivity index (χ1) is 9.65. The molecule has 0 radical (unpaired) electrons. The Balaban J connectivity index is 2.47. The predicted octanol–water partition coefficient (Wildman–Crippen LogP) is 3.58. The lowest BCUT2D eigenvalue weighted by molar-refractivity contribution is 0.404. The smallest absolute Gasteiger partial charge is 0.141 e. The van der Waals surface area contributed by atoms with Gasteiger partial charge in [-0.1, -0.05) is 18.5 Å². The first-order valence-corrected chi connectivity index (χ1v) is 6.71. The van der Waals surface area contributed by atoms with Crippen LogP contribution in [0.25, 0.3) is 0 Å². The zero-order valence-corrected chi connectivity index (χ0v) is 12.1. The number of hydrogen-bond donors (Lipinski definition) is 1. The van der Waals surface area contributed by atoms with Crippen molar-refractivity contribution in [3.8, 4) is 5.75 Å². The van der Waals surface area contributed by atoms with E-state index in [0.717, 1.165) is 12.1 Å². The summed E-state index contributed by atoms with van der Waals surface area (Å²) in [4.78, 5) is 4.14. The third kappa shape index (κ3) is 3.26. The van der Waals surface area contributed by atoms with E-state index < -0.39 is 0 Å². The monoisotopic (exact) mass is 294 g/mol. The maximum Gasteiger partial charge on any atom is 0.141 e. The molecule has 0 aliphatic carbocycles. The highest BCUT2D eigenvalue weighted by Gasteiger charge is 2.19. The second-order valence-corrected chi connectivity index (χ2v) is 4.71. The van der Waals surface area contributed by atoms with Crippen molar-refractivity contribution in [1.82, 2.24) is 10.3 Å². The fourth-order valence-electron chi connectivity index (χ4n) is 2.07. The molecule has 1 atom stereocenters. The number of ether oxygens (including phenoxy) is 1. The van der Waals surface area contributed by atoms with E-state index in [9.17, 15) is 4.39 Å². The maximum absolute atomic E-state index is 13.0. The van der Waals surface area contributed by atoms with Crippen molar-refractivity contribution >= 4 is 11.6 Å². The average molecular weight is 295 g/mol. The van der Waals surface area contributed by atoms with Gasteiger partial charge in [0.1, 0.15) is 11.6 Å². The van der Waals surface area contributed by atoms with Crippen LogP contribution < -0.4 is 10.1 Å². The number of rotatable bonds is 5. The van der Waals surface area contributed by atoms with E-state index in [4.69, 9.17) is 16.3 Å². The van der Waals surface area contributed by atoms with Gasteiger partial charge in [-0.3, -0.25) is 4.98 Å². The SMILES string of the molecule is CCNC(c1ccc(F)cn1)c1cc(Cl)ccc1OC. The Morgan fingerprint density at radius 2 is 2.15 bits per heavy atom. The fourth-order valence-corrected chi connectivity index (χ4v) is 2.25. The van der Waals surface area contributed by atoms with Gasteiger partial charge in [-0.05, 0) is 36.9 Å². The summed E-state index contributed by atoms with van der Waals surface area (Å²) < 4.78 is 18.4. The summed E-state index contributed by atoms with van der Waals surface area (Å²) in [6, 6.07) is 8.26. The van der Waals surface area contributed by atoms with Crippen LogP contribution in [-0.2, 0) is 0 Å². The van der Waals surface area contributed by atoms with E-state index >= 15 is 0 Å². The number of nitrogens with one attached hydrogen (secondary N) is 1. The highest BCUT2D eigenvalue weighted by molar-refractivity contribution is 6.30. The molecular formula is C15H16ClFN2O. The predicted molar refractivity (Wildman–Crippen MR) is 77.7 cm³/mol. The number of benzene rings is 1. The van der Waals surface area contributed by atoms with Crippen molar-refractivity contribution in [3.63, 3.8) is 0 Å². The second-order valence-electron chi connectivity index (χ2n) is 4.28. The zero-order valence-electron chi connectivity index (χ0n) is 11.4. The summed E-state index contributed by atoms with van der Waals surface area (Å²) in [5, 5.41) is 3.93. The molecule has 3 nitrogen and oxygen atoms in total. The van der Waals surface area contributed by atoms with Gasteiger partial charge in [0.15, 0.2) is 0 Å². The summed E-state index contributed by atoms with van der Waals surface area (Å²) in [7, 11) is 1.60. The quantitative estimate of drug-likeness (QED) is 0.915. The Labute approximate surface area is 122 Å². The molecular weight excluding hydrogens is 279 g/mol. The molecule has 1 N–H and O–H groups in total. The number of aromatic nitrogens is 1. The molecule has 5 heteroatoms. The second kappa shape index (κ2) is 6.68. The minimum Gasteiger partial charge on any atom is -0.496 e. The van der Waals surface area contributed by atoms with Crippen LogP contribution in [0.5, 0.6) is 5.75 Å². The molecule has 0 bridgehead atoms. The van der Waals surface area contributed by atoms with Gasteiger partial charge in [0.05, 0.1) is 25.0 Å². The first kappa shape index (κ1) is 14.8. The van der Waals surface area contributed by atoms with Crippen LogP contribution in [0.4, 0.5) is 4.39 Å². The third-order valence-corrected chi connectivity index (χ3v) is 3.19. The first-order valence-electron chi connectivity index (χ1n) is 6.34. The van der Waals surface area contributed by atoms with E-state index in [1.807, 2.05) is 19.1 Å². The molecule has 0 saturated heterocycles. The number of pyridine rings is 1. The number of nitrogens with zero attached hydrogens (tertiary/aromatic N) is 1. The standard InChI is InChI=1S/C15H16ClFN2O/c1-3-18-15(13-6-5-11(17)9-19-13)12-8-10(16)4-7-14(12)20-2/h4-9,15,18H,3H2,1-2H3. The Morgan fingerprint density at radius 3 is 2.75 bits per heavy atom. The van der Waals surface area contributed by atoms with Crippen LogP contribution in [0.3, 0.4) is 0 Å². The average Bonchev–Trinajstić information content (AvgIpc) is 2.46. The molecule has 106 valence electrons. The normalized spacial score (nSPS) is 12.2. The maximum atomic E-state index is 13.0. The Hall–Kier alpha value is -1.65. The summed E-state index contributed by atoms with van der Waals surface area (Å²) in [5.41, 5.74) is 1.59. The van der Waals surface area contributed by atoms with Crippen LogP contribution in [-0.4, -0.2) is 18.6 Å². The Kier molecular flexibility index (Phi) is 4.93. The molecule has 1 unspecified atom stereocenters. The van der Waals surface area contributed by atoms with Gasteiger partial charge in [-0.2, -0.15) is 0 Å². The van der Waals surface area contributed by atoms with Crippen molar-refractivity contribution in [2.45, 2.75) is 13.0 Å². The molecule has 20 heavy (non-hydrogen) atoms. The van der Waals surface area contributed by atoms with Crippen molar-refractivity contribution in [2.75, 3.05) is 13.7 Å². The highest BCUT2D eigenvalue weighted by atomic mass is 35.5. The van der Waals surface area contributed by atoms with Gasteiger partial charge in [0.25, 0.3) is 0 Å². The number of methoxy groups -OCH3 is 1. The molecule has 1 aromatic carbocycles. The molecule has 0 spiro atoms. The minimum absolute atomic E-state index is 0.200. The van der Waals surface area contributed by atoms with Gasteiger partial charge < -0.3 is 10.1 Å². The molecule has 0 amide bonds. The van der Waals surface area contributed by atoms with Gasteiger partial charge >= 0.3 is 0 Å². The van der Waals surface area contributed by atoms with Crippen molar-refractivity contribution in [2.24, 2.45) is 0 Å². The molecule has 0 saturated carbocycles. The Bertz CT molecular complexity index is 575. The van der Waals surface area contributed by atoms with Crippen molar-refractivity contribution < 1.29 is 9.13 Å². The van der Waals surface area contributed by atoms with Crippen LogP contribution in [0.1, 0.15) is 24.2 Å². The molecule has 0 fully saturated rings. The van der Waals surface area contributed by atoms with Gasteiger partial charge in [-0.25, -0.2) is 4.39 Å². The van der Waals surface area contributed by atoms with Crippen LogP contribution in [0.15, 0.2) is 36.5 Å². The lowest BCUT2D eigenvalue weighted by Gasteiger charge is -2.20. The zero-order chi connectivity index (χ0) is 14.5. The van der Waals surface area contributed by atoms with Crippen LogP contribution >= 0.6 is 11.6 Å². The van der Waals surface area contributed by atoms with Crippen LogP contribution in [0.2, 0.25) is 5.02 Å².